The second-order valence-electron chi connectivity index (χ2n) is 5.06. The number of benzene rings is 1. The van der Waals surface area contributed by atoms with Gasteiger partial charge in [-0.05, 0) is 45.4 Å². The first kappa shape index (κ1) is 17.2. The van der Waals surface area contributed by atoms with E-state index < -0.39 is 11.9 Å². The molecular formula is C14H19Cl2FN2O. The van der Waals surface area contributed by atoms with Gasteiger partial charge in [0.1, 0.15) is 5.82 Å². The second-order valence-corrected chi connectivity index (χ2v) is 5.88. The monoisotopic (exact) mass is 320 g/mol. The third-order valence-corrected chi connectivity index (χ3v) is 3.45. The van der Waals surface area contributed by atoms with Crippen LogP contribution in [0.5, 0.6) is 0 Å². The molecule has 1 amide bonds. The number of carbonyl (C=O) groups excluding carboxylic acids is 1. The van der Waals surface area contributed by atoms with Crippen molar-refractivity contribution in [3.63, 3.8) is 0 Å². The van der Waals surface area contributed by atoms with Gasteiger partial charge in [-0.15, -0.1) is 0 Å². The fraction of sp³-hybridized carbons (Fsp3) is 0.500. The highest BCUT2D eigenvalue weighted by molar-refractivity contribution is 6.35. The van der Waals surface area contributed by atoms with Gasteiger partial charge in [0, 0.05) is 17.1 Å². The maximum atomic E-state index is 13.5. The highest BCUT2D eigenvalue weighted by Gasteiger charge is 2.19. The molecule has 0 aromatic heterocycles. The van der Waals surface area contributed by atoms with E-state index in [1.165, 1.54) is 12.1 Å². The molecule has 0 saturated carbocycles. The Labute approximate surface area is 128 Å². The summed E-state index contributed by atoms with van der Waals surface area (Å²) >= 11 is 11.7. The molecule has 0 fully saturated rings. The lowest BCUT2D eigenvalue weighted by atomic mass is 10.1. The van der Waals surface area contributed by atoms with Crippen molar-refractivity contribution in [2.45, 2.75) is 45.8 Å². The van der Waals surface area contributed by atoms with Gasteiger partial charge in [-0.1, -0.05) is 23.2 Å². The molecule has 0 spiro atoms. The SMILES string of the molecule is CC(C)NC(=O)[C@@H](C)N[C@@H](C)c1cc(F)c(Cl)cc1Cl. The lowest BCUT2D eigenvalue weighted by Gasteiger charge is -2.22. The Hall–Kier alpha value is -0.840. The first-order chi connectivity index (χ1) is 9.22. The van der Waals surface area contributed by atoms with Crippen molar-refractivity contribution in [1.82, 2.24) is 10.6 Å². The van der Waals surface area contributed by atoms with E-state index in [0.29, 0.717) is 10.6 Å². The fourth-order valence-corrected chi connectivity index (χ4v) is 2.37. The van der Waals surface area contributed by atoms with Crippen molar-refractivity contribution >= 4 is 29.1 Å². The Morgan fingerprint density at radius 1 is 1.15 bits per heavy atom. The molecule has 0 aliphatic rings. The summed E-state index contributed by atoms with van der Waals surface area (Å²) < 4.78 is 13.5. The third kappa shape index (κ3) is 4.62. The van der Waals surface area contributed by atoms with Crippen molar-refractivity contribution in [2.24, 2.45) is 0 Å². The number of hydrogen-bond donors (Lipinski definition) is 2. The van der Waals surface area contributed by atoms with Gasteiger partial charge in [0.15, 0.2) is 0 Å². The molecule has 0 radical (unpaired) electrons. The Bertz CT molecular complexity index is 494. The molecule has 112 valence electrons. The molecule has 0 aliphatic carbocycles. The van der Waals surface area contributed by atoms with Crippen LogP contribution in [-0.4, -0.2) is 18.0 Å². The summed E-state index contributed by atoms with van der Waals surface area (Å²) in [4.78, 5) is 11.8. The summed E-state index contributed by atoms with van der Waals surface area (Å²) in [5.41, 5.74) is 0.567. The molecule has 0 aliphatic heterocycles. The van der Waals surface area contributed by atoms with Crippen molar-refractivity contribution in [3.8, 4) is 0 Å². The van der Waals surface area contributed by atoms with Gasteiger partial charge in [0.05, 0.1) is 11.1 Å². The van der Waals surface area contributed by atoms with Gasteiger partial charge in [-0.25, -0.2) is 4.39 Å². The number of rotatable bonds is 5. The quantitative estimate of drug-likeness (QED) is 0.812. The molecule has 3 nitrogen and oxygen atoms in total. The molecule has 1 aromatic rings. The summed E-state index contributed by atoms with van der Waals surface area (Å²) in [7, 11) is 0. The molecule has 6 heteroatoms. The van der Waals surface area contributed by atoms with E-state index >= 15 is 0 Å². The van der Waals surface area contributed by atoms with E-state index in [0.717, 1.165) is 0 Å². The average molecular weight is 321 g/mol. The van der Waals surface area contributed by atoms with Gasteiger partial charge < -0.3 is 5.32 Å². The molecule has 20 heavy (non-hydrogen) atoms. The normalized spacial score (nSPS) is 14.2. The number of nitrogens with one attached hydrogen (secondary N) is 2. The molecule has 0 unspecified atom stereocenters. The predicted molar refractivity (Wildman–Crippen MR) is 80.7 cm³/mol. The minimum atomic E-state index is -0.529. The average Bonchev–Trinajstić information content (AvgIpc) is 2.32. The zero-order valence-corrected chi connectivity index (χ0v) is 13.4. The van der Waals surface area contributed by atoms with E-state index in [1.807, 2.05) is 20.8 Å². The van der Waals surface area contributed by atoms with Crippen LogP contribution in [0, 0.1) is 5.82 Å². The van der Waals surface area contributed by atoms with Crippen LogP contribution < -0.4 is 10.6 Å². The standard InChI is InChI=1S/C14H19Cl2FN2O/c1-7(2)18-14(20)9(4)19-8(3)10-5-13(17)12(16)6-11(10)15/h5-9,19H,1-4H3,(H,18,20)/t8-,9+/m0/s1. The molecule has 0 bridgehead atoms. The van der Waals surface area contributed by atoms with Crippen LogP contribution >= 0.6 is 23.2 Å². The van der Waals surface area contributed by atoms with Crippen LogP contribution in [0.15, 0.2) is 12.1 Å². The van der Waals surface area contributed by atoms with Crippen LogP contribution in [0.3, 0.4) is 0 Å². The molecule has 0 heterocycles. The zero-order chi connectivity index (χ0) is 15.4. The molecule has 0 saturated heterocycles. The van der Waals surface area contributed by atoms with E-state index in [1.54, 1.807) is 6.92 Å². The largest absolute Gasteiger partial charge is 0.353 e. The number of halogens is 3. The summed E-state index contributed by atoms with van der Waals surface area (Å²) in [6.07, 6.45) is 0. The Morgan fingerprint density at radius 3 is 2.30 bits per heavy atom. The van der Waals surface area contributed by atoms with Crippen LogP contribution in [-0.2, 0) is 4.79 Å². The molecule has 2 N–H and O–H groups in total. The maximum Gasteiger partial charge on any atom is 0.237 e. The summed E-state index contributed by atoms with van der Waals surface area (Å²) in [6.45, 7) is 7.33. The van der Waals surface area contributed by atoms with Crippen molar-refractivity contribution in [1.29, 1.82) is 0 Å². The highest BCUT2D eigenvalue weighted by Crippen LogP contribution is 2.28. The second kappa shape index (κ2) is 7.25. The van der Waals surface area contributed by atoms with E-state index in [-0.39, 0.29) is 23.0 Å². The smallest absolute Gasteiger partial charge is 0.237 e. The minimum absolute atomic E-state index is 0.0171. The number of hydrogen-bond acceptors (Lipinski definition) is 2. The Morgan fingerprint density at radius 2 is 1.75 bits per heavy atom. The van der Waals surface area contributed by atoms with Crippen LogP contribution in [0.2, 0.25) is 10.0 Å². The summed E-state index contributed by atoms with van der Waals surface area (Å²) in [6, 6.07) is 2.03. The first-order valence-electron chi connectivity index (χ1n) is 6.43. The minimum Gasteiger partial charge on any atom is -0.353 e. The fourth-order valence-electron chi connectivity index (χ4n) is 1.82. The van der Waals surface area contributed by atoms with E-state index in [4.69, 9.17) is 23.2 Å². The van der Waals surface area contributed by atoms with Crippen molar-refractivity contribution in [3.05, 3.63) is 33.6 Å². The van der Waals surface area contributed by atoms with Crippen molar-refractivity contribution < 1.29 is 9.18 Å². The van der Waals surface area contributed by atoms with Gasteiger partial charge in [0.2, 0.25) is 5.91 Å². The summed E-state index contributed by atoms with van der Waals surface area (Å²) in [5.74, 6) is -0.642. The maximum absolute atomic E-state index is 13.5. The Balaban J connectivity index is 2.78. The van der Waals surface area contributed by atoms with E-state index in [9.17, 15) is 9.18 Å². The lowest BCUT2D eigenvalue weighted by molar-refractivity contribution is -0.123. The van der Waals surface area contributed by atoms with Crippen LogP contribution in [0.4, 0.5) is 4.39 Å². The van der Waals surface area contributed by atoms with Crippen LogP contribution in [0.25, 0.3) is 0 Å². The molecular weight excluding hydrogens is 302 g/mol. The van der Waals surface area contributed by atoms with Gasteiger partial charge >= 0.3 is 0 Å². The molecule has 2 atom stereocenters. The first-order valence-corrected chi connectivity index (χ1v) is 7.18. The zero-order valence-electron chi connectivity index (χ0n) is 11.9. The lowest BCUT2D eigenvalue weighted by Crippen LogP contribution is -2.45. The molecule has 1 aromatic carbocycles. The topological polar surface area (TPSA) is 41.1 Å². The number of carbonyl (C=O) groups is 1. The van der Waals surface area contributed by atoms with Crippen molar-refractivity contribution in [2.75, 3.05) is 0 Å². The number of amides is 1. The van der Waals surface area contributed by atoms with E-state index in [2.05, 4.69) is 10.6 Å². The van der Waals surface area contributed by atoms with Gasteiger partial charge in [0.25, 0.3) is 0 Å². The molecule has 1 rings (SSSR count). The summed E-state index contributed by atoms with van der Waals surface area (Å²) in [5, 5.41) is 6.24. The Kier molecular flexibility index (Phi) is 6.24. The van der Waals surface area contributed by atoms with Crippen LogP contribution in [0.1, 0.15) is 39.3 Å². The van der Waals surface area contributed by atoms with Gasteiger partial charge in [-0.3, -0.25) is 10.1 Å². The third-order valence-electron chi connectivity index (χ3n) is 2.83. The predicted octanol–water partition coefficient (Wildman–Crippen LogP) is 3.70. The van der Waals surface area contributed by atoms with Gasteiger partial charge in [-0.2, -0.15) is 0 Å². The highest BCUT2D eigenvalue weighted by atomic mass is 35.5.